The normalized spacial score (nSPS) is 25.2. The number of carbonyl (C=O) groups is 2. The Labute approximate surface area is 198 Å². The average molecular weight is 455 g/mol. The zero-order chi connectivity index (χ0) is 24.7. The summed E-state index contributed by atoms with van der Waals surface area (Å²) in [6, 6.07) is 2.05. The third-order valence-corrected chi connectivity index (χ3v) is 7.77. The van der Waals surface area contributed by atoms with Crippen molar-refractivity contribution in [1.29, 1.82) is 0 Å². The standard InChI is InChI=1S/C26H38BNO5/c1-15-18-14-19(27-32-25(7,8)26(9,10)33-27)16-12-11-13-17(16)20(18)28(24(5,6)21(15)29)22(30)31-23(2,3)4/h14-15H,11-13H2,1-10H3. The van der Waals surface area contributed by atoms with Crippen LogP contribution in [0.3, 0.4) is 0 Å². The minimum absolute atomic E-state index is 0.00123. The zero-order valence-corrected chi connectivity index (χ0v) is 21.8. The van der Waals surface area contributed by atoms with Crippen LogP contribution in [-0.2, 0) is 31.7 Å². The Morgan fingerprint density at radius 3 is 2.15 bits per heavy atom. The van der Waals surface area contributed by atoms with Crippen molar-refractivity contribution in [1.82, 2.24) is 0 Å². The van der Waals surface area contributed by atoms with Crippen LogP contribution in [0.15, 0.2) is 6.07 Å². The summed E-state index contributed by atoms with van der Waals surface area (Å²) >= 11 is 0. The second-order valence-electron chi connectivity index (χ2n) is 12.3. The Hall–Kier alpha value is -1.86. The van der Waals surface area contributed by atoms with Gasteiger partial charge in [0.2, 0.25) is 0 Å². The molecule has 3 aliphatic rings. The SMILES string of the molecule is CC1C(=O)C(C)(C)N(C(=O)OC(C)(C)C)c2c1cc(B1OC(C)(C)C(C)(C)O1)c1c2CCC1. The van der Waals surface area contributed by atoms with E-state index in [9.17, 15) is 9.59 Å². The van der Waals surface area contributed by atoms with Crippen LogP contribution in [0.1, 0.15) is 98.3 Å². The summed E-state index contributed by atoms with van der Waals surface area (Å²) in [6.07, 6.45) is 2.25. The maximum atomic E-state index is 13.5. The molecule has 2 aliphatic heterocycles. The molecule has 2 heterocycles. The van der Waals surface area contributed by atoms with Gasteiger partial charge in [-0.15, -0.1) is 0 Å². The Balaban J connectivity index is 1.91. The summed E-state index contributed by atoms with van der Waals surface area (Å²) < 4.78 is 18.6. The highest BCUT2D eigenvalue weighted by atomic mass is 16.7. The first-order valence-corrected chi connectivity index (χ1v) is 12.1. The number of ether oxygens (including phenoxy) is 1. The summed E-state index contributed by atoms with van der Waals surface area (Å²) in [5.74, 6) is -0.348. The minimum Gasteiger partial charge on any atom is -0.443 e. The van der Waals surface area contributed by atoms with Gasteiger partial charge in [-0.25, -0.2) is 4.79 Å². The molecule has 7 heteroatoms. The number of amides is 1. The van der Waals surface area contributed by atoms with Crippen molar-refractivity contribution in [3.63, 3.8) is 0 Å². The molecule has 1 atom stereocenters. The monoisotopic (exact) mass is 455 g/mol. The van der Waals surface area contributed by atoms with E-state index in [1.165, 1.54) is 5.56 Å². The molecule has 0 bridgehead atoms. The number of hydrogen-bond donors (Lipinski definition) is 0. The summed E-state index contributed by atoms with van der Waals surface area (Å²) in [5, 5.41) is 0. The van der Waals surface area contributed by atoms with E-state index >= 15 is 0 Å². The fraction of sp³-hybridized carbons (Fsp3) is 0.692. The van der Waals surface area contributed by atoms with Gasteiger partial charge < -0.3 is 14.0 Å². The molecule has 1 unspecified atom stereocenters. The van der Waals surface area contributed by atoms with Crippen molar-refractivity contribution in [2.75, 3.05) is 4.90 Å². The van der Waals surface area contributed by atoms with E-state index in [-0.39, 0.29) is 11.7 Å². The largest absolute Gasteiger partial charge is 0.495 e. The average Bonchev–Trinajstić information content (AvgIpc) is 3.20. The van der Waals surface area contributed by atoms with Crippen molar-refractivity contribution in [3.05, 3.63) is 22.8 Å². The maximum absolute atomic E-state index is 13.5. The molecule has 1 amide bonds. The number of nitrogens with zero attached hydrogens (tertiary/aromatic N) is 1. The molecule has 4 rings (SSSR count). The molecule has 1 fully saturated rings. The lowest BCUT2D eigenvalue weighted by atomic mass is 9.69. The highest BCUT2D eigenvalue weighted by molar-refractivity contribution is 6.63. The molecule has 6 nitrogen and oxygen atoms in total. The van der Waals surface area contributed by atoms with Crippen molar-refractivity contribution in [2.45, 2.75) is 117 Å². The second-order valence-corrected chi connectivity index (χ2v) is 12.3. The van der Waals surface area contributed by atoms with Gasteiger partial charge in [-0.3, -0.25) is 9.69 Å². The first-order valence-electron chi connectivity index (χ1n) is 12.1. The topological polar surface area (TPSA) is 65.1 Å². The van der Waals surface area contributed by atoms with E-state index in [0.717, 1.165) is 41.5 Å². The lowest BCUT2D eigenvalue weighted by Crippen LogP contribution is -2.59. The summed E-state index contributed by atoms with van der Waals surface area (Å²) in [6.45, 7) is 19.3. The molecule has 33 heavy (non-hydrogen) atoms. The number of fused-ring (bicyclic) bond motifs is 3. The summed E-state index contributed by atoms with van der Waals surface area (Å²) in [5.41, 5.74) is 2.42. The van der Waals surface area contributed by atoms with Crippen LogP contribution in [0.4, 0.5) is 10.5 Å². The third-order valence-electron chi connectivity index (χ3n) is 7.77. The molecule has 0 radical (unpaired) electrons. The quantitative estimate of drug-likeness (QED) is 0.576. The number of ketones is 1. The van der Waals surface area contributed by atoms with Crippen LogP contribution < -0.4 is 10.4 Å². The van der Waals surface area contributed by atoms with Gasteiger partial charge in [0.05, 0.1) is 16.9 Å². The van der Waals surface area contributed by atoms with Gasteiger partial charge in [-0.05, 0) is 104 Å². The van der Waals surface area contributed by atoms with Crippen LogP contribution in [0.25, 0.3) is 0 Å². The highest BCUT2D eigenvalue weighted by Gasteiger charge is 2.54. The van der Waals surface area contributed by atoms with Crippen molar-refractivity contribution < 1.29 is 23.6 Å². The van der Waals surface area contributed by atoms with Gasteiger partial charge in [0.1, 0.15) is 11.1 Å². The smallest absolute Gasteiger partial charge is 0.443 e. The van der Waals surface area contributed by atoms with E-state index in [4.69, 9.17) is 14.0 Å². The summed E-state index contributed by atoms with van der Waals surface area (Å²) in [4.78, 5) is 28.6. The second kappa shape index (κ2) is 7.32. The van der Waals surface area contributed by atoms with Crippen LogP contribution in [0.5, 0.6) is 0 Å². The van der Waals surface area contributed by atoms with Crippen molar-refractivity contribution >= 4 is 30.1 Å². The molecular weight excluding hydrogens is 417 g/mol. The molecule has 1 aromatic rings. The number of rotatable bonds is 1. The molecule has 0 saturated carbocycles. The van der Waals surface area contributed by atoms with Gasteiger partial charge >= 0.3 is 13.2 Å². The molecule has 180 valence electrons. The fourth-order valence-electron chi connectivity index (χ4n) is 5.28. The molecule has 1 aliphatic carbocycles. The van der Waals surface area contributed by atoms with Crippen LogP contribution in [0, 0.1) is 0 Å². The zero-order valence-electron chi connectivity index (χ0n) is 21.8. The minimum atomic E-state index is -1.00. The van der Waals surface area contributed by atoms with Gasteiger partial charge in [0.15, 0.2) is 5.78 Å². The molecular formula is C26H38BNO5. The number of Topliss-reactive ketones (excluding diaryl/α,β-unsaturated/α-hetero) is 1. The van der Waals surface area contributed by atoms with Gasteiger partial charge in [-0.1, -0.05) is 13.0 Å². The Morgan fingerprint density at radius 2 is 1.61 bits per heavy atom. The van der Waals surface area contributed by atoms with Crippen LogP contribution >= 0.6 is 0 Å². The molecule has 0 N–H and O–H groups in total. The van der Waals surface area contributed by atoms with Crippen LogP contribution in [0.2, 0.25) is 0 Å². The van der Waals surface area contributed by atoms with E-state index in [1.807, 2.05) is 69.2 Å². The molecule has 1 saturated heterocycles. The van der Waals surface area contributed by atoms with E-state index in [2.05, 4.69) is 6.07 Å². The third kappa shape index (κ3) is 3.72. The number of carbonyl (C=O) groups excluding carboxylic acids is 2. The lowest BCUT2D eigenvalue weighted by Gasteiger charge is -2.45. The Kier molecular flexibility index (Phi) is 5.38. The van der Waals surface area contributed by atoms with E-state index < -0.39 is 35.6 Å². The molecule has 1 aromatic carbocycles. The van der Waals surface area contributed by atoms with E-state index in [0.29, 0.717) is 0 Å². The molecule has 0 aromatic heterocycles. The van der Waals surface area contributed by atoms with Gasteiger partial charge in [0.25, 0.3) is 0 Å². The van der Waals surface area contributed by atoms with Crippen molar-refractivity contribution in [3.8, 4) is 0 Å². The van der Waals surface area contributed by atoms with Crippen LogP contribution in [-0.4, -0.2) is 41.3 Å². The summed E-state index contributed by atoms with van der Waals surface area (Å²) in [7, 11) is -0.501. The Bertz CT molecular complexity index is 1000. The first-order chi connectivity index (χ1) is 15.0. The Morgan fingerprint density at radius 1 is 1.06 bits per heavy atom. The maximum Gasteiger partial charge on any atom is 0.495 e. The first kappa shape index (κ1) is 24.3. The molecule has 0 spiro atoms. The highest BCUT2D eigenvalue weighted by Crippen LogP contribution is 2.47. The van der Waals surface area contributed by atoms with Gasteiger partial charge in [0, 0.05) is 5.92 Å². The number of anilines is 1. The van der Waals surface area contributed by atoms with Gasteiger partial charge in [-0.2, -0.15) is 0 Å². The van der Waals surface area contributed by atoms with E-state index in [1.54, 1.807) is 4.90 Å². The van der Waals surface area contributed by atoms with Crippen molar-refractivity contribution in [2.24, 2.45) is 0 Å². The predicted octanol–water partition coefficient (Wildman–Crippen LogP) is 4.68. The fourth-order valence-corrected chi connectivity index (χ4v) is 5.28. The number of benzene rings is 1. The lowest BCUT2D eigenvalue weighted by molar-refractivity contribution is -0.124. The predicted molar refractivity (Wildman–Crippen MR) is 130 cm³/mol. The number of hydrogen-bond acceptors (Lipinski definition) is 5.